The molecule has 0 aliphatic carbocycles. The maximum absolute atomic E-state index is 12.5. The molecule has 2 aromatic rings. The molecule has 1 N–H and O–H groups in total. The zero-order chi connectivity index (χ0) is 20.6. The molecule has 1 heterocycles. The van der Waals surface area contributed by atoms with Gasteiger partial charge in [-0.25, -0.2) is 0 Å². The van der Waals surface area contributed by atoms with E-state index < -0.39 is 0 Å². The molecule has 6 heteroatoms. The number of carbonyl (C=O) groups excluding carboxylic acids is 1. The Labute approximate surface area is 183 Å². The number of amides is 1. The normalized spacial score (nSPS) is 15.3. The van der Waals surface area contributed by atoms with Gasteiger partial charge in [0.2, 0.25) is 5.91 Å². The van der Waals surface area contributed by atoms with Crippen LogP contribution in [-0.4, -0.2) is 37.6 Å². The fraction of sp³-hybridized carbons (Fsp3) is 0.435. The van der Waals surface area contributed by atoms with Crippen LogP contribution in [-0.2, 0) is 17.8 Å². The first-order chi connectivity index (χ1) is 14.1. The lowest BCUT2D eigenvalue weighted by molar-refractivity contribution is -0.126. The second kappa shape index (κ2) is 10.9. The van der Waals surface area contributed by atoms with Gasteiger partial charge in [-0.1, -0.05) is 47.5 Å². The van der Waals surface area contributed by atoms with Crippen LogP contribution in [0, 0.1) is 5.92 Å². The summed E-state index contributed by atoms with van der Waals surface area (Å²) < 4.78 is 5.38. The number of hydrogen-bond donors (Lipinski definition) is 1. The van der Waals surface area contributed by atoms with Gasteiger partial charge in [0.1, 0.15) is 5.75 Å². The molecule has 1 aliphatic rings. The van der Waals surface area contributed by atoms with Crippen LogP contribution in [0.5, 0.6) is 5.75 Å². The quantitative estimate of drug-likeness (QED) is 0.596. The molecule has 0 atom stereocenters. The summed E-state index contributed by atoms with van der Waals surface area (Å²) in [6.07, 6.45) is 3.51. The lowest BCUT2D eigenvalue weighted by Gasteiger charge is -2.31. The summed E-state index contributed by atoms with van der Waals surface area (Å²) in [6, 6.07) is 13.6. The third-order valence-electron chi connectivity index (χ3n) is 5.52. The van der Waals surface area contributed by atoms with Crippen molar-refractivity contribution in [2.24, 2.45) is 5.92 Å². The highest BCUT2D eigenvalue weighted by Crippen LogP contribution is 2.27. The second-order valence-electron chi connectivity index (χ2n) is 7.46. The summed E-state index contributed by atoms with van der Waals surface area (Å²) in [5, 5.41) is 4.50. The number of benzene rings is 2. The summed E-state index contributed by atoms with van der Waals surface area (Å²) >= 11 is 12.6. The zero-order valence-electron chi connectivity index (χ0n) is 16.8. The number of halogens is 2. The number of rotatable bonds is 8. The molecule has 0 bridgehead atoms. The topological polar surface area (TPSA) is 41.6 Å². The maximum Gasteiger partial charge on any atom is 0.223 e. The fourth-order valence-electron chi connectivity index (χ4n) is 3.80. The number of methoxy groups -OCH3 is 1. The van der Waals surface area contributed by atoms with E-state index in [9.17, 15) is 4.79 Å². The number of para-hydroxylation sites is 1. The Balaban J connectivity index is 1.39. The number of piperidine rings is 1. The van der Waals surface area contributed by atoms with Gasteiger partial charge in [-0.05, 0) is 62.5 Å². The van der Waals surface area contributed by atoms with E-state index in [0.717, 1.165) is 56.6 Å². The number of carbonyl (C=O) groups is 1. The molecule has 1 fully saturated rings. The molecule has 0 saturated carbocycles. The van der Waals surface area contributed by atoms with Crippen LogP contribution in [0.4, 0.5) is 0 Å². The van der Waals surface area contributed by atoms with Crippen molar-refractivity contribution in [1.29, 1.82) is 0 Å². The van der Waals surface area contributed by atoms with E-state index in [0.29, 0.717) is 16.6 Å². The fourth-order valence-corrected chi connectivity index (χ4v) is 4.32. The first-order valence-corrected chi connectivity index (χ1v) is 10.9. The molecule has 2 aromatic carbocycles. The predicted molar refractivity (Wildman–Crippen MR) is 119 cm³/mol. The number of nitrogens with one attached hydrogen (secondary N) is 1. The molecule has 29 heavy (non-hydrogen) atoms. The van der Waals surface area contributed by atoms with Gasteiger partial charge in [0.25, 0.3) is 0 Å². The van der Waals surface area contributed by atoms with Gasteiger partial charge < -0.3 is 10.1 Å². The van der Waals surface area contributed by atoms with Crippen LogP contribution in [0.2, 0.25) is 10.0 Å². The lowest BCUT2D eigenvalue weighted by atomic mass is 9.95. The summed E-state index contributed by atoms with van der Waals surface area (Å²) in [7, 11) is 1.69. The standard InChI is InChI=1S/C23H28Cl2N2O2/c1-29-22-10-3-2-6-17(22)7-5-13-26-23(28)18-11-14-27(15-12-18)16-19-20(24)8-4-9-21(19)25/h2-4,6,8-10,18H,5,7,11-16H2,1H3,(H,26,28). The molecule has 0 spiro atoms. The van der Waals surface area contributed by atoms with Crippen LogP contribution in [0.15, 0.2) is 42.5 Å². The zero-order valence-corrected chi connectivity index (χ0v) is 18.3. The molecule has 1 amide bonds. The number of ether oxygens (including phenoxy) is 1. The average Bonchev–Trinajstić information content (AvgIpc) is 2.74. The number of likely N-dealkylation sites (tertiary alicyclic amines) is 1. The van der Waals surface area contributed by atoms with Crippen molar-refractivity contribution < 1.29 is 9.53 Å². The largest absolute Gasteiger partial charge is 0.496 e. The molecule has 0 aromatic heterocycles. The van der Waals surface area contributed by atoms with Crippen molar-refractivity contribution in [2.75, 3.05) is 26.7 Å². The van der Waals surface area contributed by atoms with Gasteiger partial charge in [-0.15, -0.1) is 0 Å². The molecule has 1 aliphatic heterocycles. The minimum atomic E-state index is 0.0826. The Kier molecular flexibility index (Phi) is 8.22. The molecule has 0 unspecified atom stereocenters. The summed E-state index contributed by atoms with van der Waals surface area (Å²) in [6.45, 7) is 3.17. The van der Waals surface area contributed by atoms with Crippen LogP contribution < -0.4 is 10.1 Å². The lowest BCUT2D eigenvalue weighted by Crippen LogP contribution is -2.40. The highest BCUT2D eigenvalue weighted by Gasteiger charge is 2.25. The van der Waals surface area contributed by atoms with Crippen molar-refractivity contribution in [3.63, 3.8) is 0 Å². The Morgan fingerprint density at radius 1 is 1.10 bits per heavy atom. The van der Waals surface area contributed by atoms with Crippen LogP contribution >= 0.6 is 23.2 Å². The summed E-state index contributed by atoms with van der Waals surface area (Å²) in [5.74, 6) is 1.16. The van der Waals surface area contributed by atoms with Gasteiger partial charge >= 0.3 is 0 Å². The van der Waals surface area contributed by atoms with Crippen molar-refractivity contribution in [3.05, 3.63) is 63.6 Å². The SMILES string of the molecule is COc1ccccc1CCCNC(=O)C1CCN(Cc2c(Cl)cccc2Cl)CC1. The van der Waals surface area contributed by atoms with E-state index in [-0.39, 0.29) is 11.8 Å². The third-order valence-corrected chi connectivity index (χ3v) is 6.22. The monoisotopic (exact) mass is 434 g/mol. The number of nitrogens with zero attached hydrogens (tertiary/aromatic N) is 1. The molecule has 156 valence electrons. The highest BCUT2D eigenvalue weighted by atomic mass is 35.5. The van der Waals surface area contributed by atoms with Crippen molar-refractivity contribution in [2.45, 2.75) is 32.2 Å². The molecule has 4 nitrogen and oxygen atoms in total. The van der Waals surface area contributed by atoms with E-state index in [1.807, 2.05) is 36.4 Å². The van der Waals surface area contributed by atoms with Gasteiger partial charge in [0, 0.05) is 34.6 Å². The molecular formula is C23H28Cl2N2O2. The Morgan fingerprint density at radius 2 is 1.79 bits per heavy atom. The van der Waals surface area contributed by atoms with Gasteiger partial charge in [-0.2, -0.15) is 0 Å². The first kappa shape index (κ1) is 21.9. The Bertz CT molecular complexity index is 800. The minimum absolute atomic E-state index is 0.0826. The average molecular weight is 435 g/mol. The van der Waals surface area contributed by atoms with E-state index in [4.69, 9.17) is 27.9 Å². The summed E-state index contributed by atoms with van der Waals surface area (Å²) in [5.41, 5.74) is 2.14. The maximum atomic E-state index is 12.5. The second-order valence-corrected chi connectivity index (χ2v) is 8.27. The smallest absolute Gasteiger partial charge is 0.223 e. The molecular weight excluding hydrogens is 407 g/mol. The van der Waals surface area contributed by atoms with E-state index in [2.05, 4.69) is 16.3 Å². The first-order valence-electron chi connectivity index (χ1n) is 10.1. The molecule has 3 rings (SSSR count). The van der Waals surface area contributed by atoms with Crippen LogP contribution in [0.3, 0.4) is 0 Å². The van der Waals surface area contributed by atoms with E-state index in [1.54, 1.807) is 7.11 Å². The van der Waals surface area contributed by atoms with Gasteiger partial charge in [0.15, 0.2) is 0 Å². The van der Waals surface area contributed by atoms with Crippen molar-refractivity contribution in [3.8, 4) is 5.75 Å². The number of aryl methyl sites for hydroxylation is 1. The van der Waals surface area contributed by atoms with E-state index in [1.165, 1.54) is 5.56 Å². The van der Waals surface area contributed by atoms with Crippen LogP contribution in [0.1, 0.15) is 30.4 Å². The predicted octanol–water partition coefficient (Wildman–Crippen LogP) is 4.96. The minimum Gasteiger partial charge on any atom is -0.496 e. The van der Waals surface area contributed by atoms with E-state index >= 15 is 0 Å². The van der Waals surface area contributed by atoms with Crippen LogP contribution in [0.25, 0.3) is 0 Å². The van der Waals surface area contributed by atoms with Crippen molar-refractivity contribution >= 4 is 29.1 Å². The summed E-state index contributed by atoms with van der Waals surface area (Å²) in [4.78, 5) is 14.8. The Morgan fingerprint density at radius 3 is 2.48 bits per heavy atom. The third kappa shape index (κ3) is 6.11. The van der Waals surface area contributed by atoms with Gasteiger partial charge in [0.05, 0.1) is 7.11 Å². The molecule has 0 radical (unpaired) electrons. The van der Waals surface area contributed by atoms with Crippen molar-refractivity contribution in [1.82, 2.24) is 10.2 Å². The molecule has 1 saturated heterocycles. The highest BCUT2D eigenvalue weighted by molar-refractivity contribution is 6.35. The van der Waals surface area contributed by atoms with Gasteiger partial charge in [-0.3, -0.25) is 9.69 Å². The number of hydrogen-bond acceptors (Lipinski definition) is 3. The Hall–Kier alpha value is -1.75.